The van der Waals surface area contributed by atoms with Gasteiger partial charge in [0, 0.05) is 0 Å². The van der Waals surface area contributed by atoms with E-state index < -0.39 is 0 Å². The van der Waals surface area contributed by atoms with Crippen LogP contribution in [0.4, 0.5) is 0 Å². The molecule has 1 saturated heterocycles. The van der Waals surface area contributed by atoms with Gasteiger partial charge in [-0.1, -0.05) is 6.07 Å². The molecule has 0 bridgehead atoms. The van der Waals surface area contributed by atoms with Gasteiger partial charge in [-0.2, -0.15) is 0 Å². The molecule has 3 nitrogen and oxygen atoms in total. The van der Waals surface area contributed by atoms with Crippen molar-refractivity contribution in [2.24, 2.45) is 5.92 Å². The standard InChI is InChI=1S/C25H42NO2.ClH.In.2H/c1-4-12-24(27-2)25(28-3)16-11-6-5-8-13-22-17-19-26(20-18-22)21-23-14-9-7-10-15-23;;;;/h6-7,9-10,14-15,22,24-25H,4-5,8,11-13,16-21H2,1-3H3;1H;;;. The van der Waals surface area contributed by atoms with Gasteiger partial charge in [0.2, 0.25) is 0 Å². The van der Waals surface area contributed by atoms with Gasteiger partial charge in [-0.05, 0) is 0 Å². The van der Waals surface area contributed by atoms with Crippen LogP contribution in [0.15, 0.2) is 30.3 Å². The van der Waals surface area contributed by atoms with Crippen molar-refractivity contribution in [3.63, 3.8) is 0 Å². The molecule has 1 aromatic carbocycles. The maximum atomic E-state index is 5.75. The van der Waals surface area contributed by atoms with E-state index in [2.05, 4.69) is 42.2 Å². The summed E-state index contributed by atoms with van der Waals surface area (Å²) in [6.45, 7) is 5.91. The van der Waals surface area contributed by atoms with E-state index >= 15 is 0 Å². The first-order valence-electron chi connectivity index (χ1n) is 12.0. The number of piperidine rings is 1. The van der Waals surface area contributed by atoms with Crippen molar-refractivity contribution in [2.75, 3.05) is 27.3 Å². The number of hydrogen-bond donors (Lipinski definition) is 0. The molecule has 0 aliphatic carbocycles. The maximum Gasteiger partial charge on any atom is -0.147 e. The molecular formula is C25H45ClInNO2. The average molecular weight is 542 g/mol. The Balaban J connectivity index is 0.00000450. The summed E-state index contributed by atoms with van der Waals surface area (Å²) in [7, 11) is 3.69. The van der Waals surface area contributed by atoms with E-state index in [9.17, 15) is 0 Å². The second-order valence-electron chi connectivity index (χ2n) is 9.16. The molecular weight excluding hydrogens is 497 g/mol. The van der Waals surface area contributed by atoms with Gasteiger partial charge in [-0.15, -0.1) is 12.4 Å². The number of likely N-dealkylation sites (tertiary alicyclic amines) is 1. The molecule has 1 fully saturated rings. The largest absolute Gasteiger partial charge is 0.147 e. The van der Waals surface area contributed by atoms with E-state index in [1.54, 1.807) is 0 Å². The van der Waals surface area contributed by atoms with E-state index in [0.29, 0.717) is 0 Å². The van der Waals surface area contributed by atoms with Crippen LogP contribution < -0.4 is 0 Å². The number of hydrogen-bond acceptors (Lipinski definition) is 3. The Hall–Kier alpha value is 0.260. The van der Waals surface area contributed by atoms with E-state index in [1.807, 2.05) is 14.2 Å². The molecule has 0 aromatic heterocycles. The molecule has 0 N–H and O–H groups in total. The van der Waals surface area contributed by atoms with Crippen LogP contribution in [-0.4, -0.2) is 68.8 Å². The summed E-state index contributed by atoms with van der Waals surface area (Å²) >= 11 is 0.734. The third kappa shape index (κ3) is 10.7. The predicted molar refractivity (Wildman–Crippen MR) is 134 cm³/mol. The topological polar surface area (TPSA) is 21.7 Å². The first kappa shape index (κ1) is 28.3. The Morgan fingerprint density at radius 1 is 0.967 bits per heavy atom. The molecule has 2 rings (SSSR count). The summed E-state index contributed by atoms with van der Waals surface area (Å²) < 4.78 is 12.4. The SMILES string of the molecule is CCCC(OC)C(CC[CH]([InH2])CCCC1CCN(Cc2ccccc2)CC1)OC.Cl. The zero-order chi connectivity index (χ0) is 20.9. The van der Waals surface area contributed by atoms with E-state index in [1.165, 1.54) is 63.6 Å². The van der Waals surface area contributed by atoms with E-state index in [-0.39, 0.29) is 24.6 Å². The number of nitrogens with zero attached hydrogens (tertiary/aromatic N) is 1. The van der Waals surface area contributed by atoms with Gasteiger partial charge in [0.1, 0.15) is 0 Å². The average Bonchev–Trinajstić information content (AvgIpc) is 2.75. The zero-order valence-electron chi connectivity index (χ0n) is 19.9. The predicted octanol–water partition coefficient (Wildman–Crippen LogP) is 5.52. The van der Waals surface area contributed by atoms with Crippen molar-refractivity contribution >= 4 is 36.8 Å². The van der Waals surface area contributed by atoms with Crippen molar-refractivity contribution in [2.45, 2.75) is 87.1 Å². The Morgan fingerprint density at radius 2 is 1.60 bits per heavy atom. The molecule has 1 heterocycles. The number of benzene rings is 1. The molecule has 172 valence electrons. The number of ether oxygens (including phenoxy) is 2. The van der Waals surface area contributed by atoms with E-state index in [0.717, 1.165) is 53.4 Å². The molecule has 1 aliphatic heterocycles. The minimum absolute atomic E-state index is 0. The fraction of sp³-hybridized carbons (Fsp3) is 0.760. The summed E-state index contributed by atoms with van der Waals surface area (Å²) in [5.74, 6) is 0.957. The minimum atomic E-state index is 0. The number of methoxy groups -OCH3 is 2. The fourth-order valence-corrected chi connectivity index (χ4v) is 6.94. The smallest absolute Gasteiger partial charge is 0.147 e. The second-order valence-corrected chi connectivity index (χ2v) is 13.8. The minimum Gasteiger partial charge on any atom is -0.147 e. The molecule has 1 aromatic rings. The zero-order valence-corrected chi connectivity index (χ0v) is 26.4. The first-order chi connectivity index (χ1) is 14.2. The monoisotopic (exact) mass is 541 g/mol. The molecule has 1 aliphatic rings. The van der Waals surface area contributed by atoms with E-state index in [4.69, 9.17) is 9.47 Å². The first-order valence-corrected chi connectivity index (χ1v) is 15.3. The van der Waals surface area contributed by atoms with Gasteiger partial charge < -0.3 is 0 Å². The second kappa shape index (κ2) is 16.8. The molecule has 5 heteroatoms. The molecule has 0 saturated carbocycles. The van der Waals surface area contributed by atoms with Crippen LogP contribution in [0.3, 0.4) is 0 Å². The van der Waals surface area contributed by atoms with Gasteiger partial charge in [0.25, 0.3) is 0 Å². The Bertz CT molecular complexity index is 525. The summed E-state index contributed by atoms with van der Waals surface area (Å²) in [6.07, 6.45) is 12.4. The molecule has 0 amide bonds. The molecule has 3 unspecified atom stereocenters. The van der Waals surface area contributed by atoms with Gasteiger partial charge in [-0.3, -0.25) is 0 Å². The number of rotatable bonds is 14. The van der Waals surface area contributed by atoms with Crippen LogP contribution >= 0.6 is 12.4 Å². The summed E-state index contributed by atoms with van der Waals surface area (Å²) in [5, 5.41) is 0. The van der Waals surface area contributed by atoms with Gasteiger partial charge in [0.15, 0.2) is 0 Å². The quantitative estimate of drug-likeness (QED) is 0.309. The molecule has 0 spiro atoms. The van der Waals surface area contributed by atoms with Crippen LogP contribution in [-0.2, 0) is 16.0 Å². The molecule has 30 heavy (non-hydrogen) atoms. The third-order valence-electron chi connectivity index (χ3n) is 6.80. The Morgan fingerprint density at radius 3 is 2.20 bits per heavy atom. The third-order valence-corrected chi connectivity index (χ3v) is 10.1. The normalized spacial score (nSPS) is 18.5. The fourth-order valence-electron chi connectivity index (χ4n) is 4.82. The summed E-state index contributed by atoms with van der Waals surface area (Å²) in [6, 6.07) is 10.9. The van der Waals surface area contributed by atoms with Crippen LogP contribution in [0.5, 0.6) is 0 Å². The van der Waals surface area contributed by atoms with Crippen molar-refractivity contribution in [1.82, 2.24) is 4.90 Å². The van der Waals surface area contributed by atoms with Crippen molar-refractivity contribution in [3.05, 3.63) is 35.9 Å². The van der Waals surface area contributed by atoms with Gasteiger partial charge in [0.05, 0.1) is 0 Å². The van der Waals surface area contributed by atoms with Crippen molar-refractivity contribution in [1.29, 1.82) is 0 Å². The van der Waals surface area contributed by atoms with Crippen LogP contribution in [0.25, 0.3) is 0 Å². The maximum absolute atomic E-state index is 5.75. The number of halogens is 1. The van der Waals surface area contributed by atoms with Crippen LogP contribution in [0, 0.1) is 5.92 Å². The van der Waals surface area contributed by atoms with Gasteiger partial charge >= 0.3 is 189 Å². The summed E-state index contributed by atoms with van der Waals surface area (Å²) in [5.41, 5.74) is 1.45. The molecule has 3 atom stereocenters. The molecule has 0 radical (unpaired) electrons. The van der Waals surface area contributed by atoms with Crippen LogP contribution in [0.1, 0.15) is 70.3 Å². The van der Waals surface area contributed by atoms with Crippen molar-refractivity contribution < 1.29 is 9.47 Å². The van der Waals surface area contributed by atoms with Gasteiger partial charge in [-0.25, -0.2) is 0 Å². The van der Waals surface area contributed by atoms with Crippen LogP contribution in [0.2, 0.25) is 3.67 Å². The van der Waals surface area contributed by atoms with Crippen molar-refractivity contribution in [3.8, 4) is 0 Å². The Labute approximate surface area is 206 Å². The summed E-state index contributed by atoms with van der Waals surface area (Å²) in [4.78, 5) is 2.64. The Kier molecular flexibility index (Phi) is 15.9.